The zero-order chi connectivity index (χ0) is 13.7. The van der Waals surface area contributed by atoms with Crippen molar-refractivity contribution in [1.82, 2.24) is 0 Å². The maximum atomic E-state index is 12.0. The number of hydrogen-bond donors (Lipinski definition) is 1. The number of fused-ring (bicyclic) bond motifs is 1. The average molecular weight is 296 g/mol. The minimum Gasteiger partial charge on any atom is -0.497 e. The second-order valence-electron chi connectivity index (χ2n) is 4.46. The van der Waals surface area contributed by atoms with Crippen LogP contribution in [0.5, 0.6) is 5.75 Å². The van der Waals surface area contributed by atoms with E-state index in [2.05, 4.69) is 0 Å². The van der Waals surface area contributed by atoms with Gasteiger partial charge in [0.15, 0.2) is 9.84 Å². The highest BCUT2D eigenvalue weighted by molar-refractivity contribution is 7.92. The summed E-state index contributed by atoms with van der Waals surface area (Å²) in [5.74, 6) is 0.369. The van der Waals surface area contributed by atoms with Crippen LogP contribution < -0.4 is 4.74 Å². The molecule has 0 saturated carbocycles. The van der Waals surface area contributed by atoms with E-state index >= 15 is 0 Å². The lowest BCUT2D eigenvalue weighted by Gasteiger charge is -2.22. The first-order valence-corrected chi connectivity index (χ1v) is 8.18. The van der Waals surface area contributed by atoms with Gasteiger partial charge in [-0.15, -0.1) is 11.3 Å². The summed E-state index contributed by atoms with van der Waals surface area (Å²) < 4.78 is 29.2. The van der Waals surface area contributed by atoms with Crippen LogP contribution in [-0.4, -0.2) is 26.4 Å². The number of methoxy groups -OCH3 is 1. The molecule has 0 bridgehead atoms. The van der Waals surface area contributed by atoms with Gasteiger partial charge in [-0.3, -0.25) is 0 Å². The Morgan fingerprint density at radius 3 is 2.58 bits per heavy atom. The highest BCUT2D eigenvalue weighted by Crippen LogP contribution is 2.45. The molecule has 1 atom stereocenters. The Balaban J connectivity index is 2.15. The Hall–Kier alpha value is -1.37. The second-order valence-corrected chi connectivity index (χ2v) is 7.34. The van der Waals surface area contributed by atoms with Gasteiger partial charge in [0, 0.05) is 0 Å². The summed E-state index contributed by atoms with van der Waals surface area (Å²) in [6, 6.07) is 8.38. The molecule has 0 radical (unpaired) electrons. The molecular weight excluding hydrogens is 284 g/mol. The fourth-order valence-corrected chi connectivity index (χ4v) is 5.70. The first-order valence-electron chi connectivity index (χ1n) is 5.65. The van der Waals surface area contributed by atoms with Crippen LogP contribution in [0.1, 0.15) is 10.4 Å². The molecule has 0 fully saturated rings. The predicted octanol–water partition coefficient (Wildman–Crippen LogP) is 1.78. The summed E-state index contributed by atoms with van der Waals surface area (Å²) in [7, 11) is -1.85. The predicted molar refractivity (Wildman–Crippen MR) is 72.4 cm³/mol. The molecular formula is C13H12O4S2. The summed E-state index contributed by atoms with van der Waals surface area (Å²) in [6.07, 6.45) is 0. The minimum absolute atomic E-state index is 0.246. The van der Waals surface area contributed by atoms with Crippen molar-refractivity contribution in [3.63, 3.8) is 0 Å². The Morgan fingerprint density at radius 1 is 1.26 bits per heavy atom. The van der Waals surface area contributed by atoms with E-state index in [1.165, 1.54) is 11.3 Å². The lowest BCUT2D eigenvalue weighted by atomic mass is 9.94. The molecule has 0 amide bonds. The second kappa shape index (κ2) is 4.06. The third-order valence-electron chi connectivity index (χ3n) is 3.31. The first-order chi connectivity index (χ1) is 8.97. The van der Waals surface area contributed by atoms with Crippen LogP contribution in [0.4, 0.5) is 0 Å². The fourth-order valence-electron chi connectivity index (χ4n) is 2.34. The van der Waals surface area contributed by atoms with E-state index in [9.17, 15) is 13.5 Å². The van der Waals surface area contributed by atoms with Gasteiger partial charge in [-0.25, -0.2) is 8.42 Å². The highest BCUT2D eigenvalue weighted by Gasteiger charge is 2.48. The van der Waals surface area contributed by atoms with Crippen LogP contribution in [-0.2, 0) is 15.4 Å². The molecule has 2 aromatic rings. The summed E-state index contributed by atoms with van der Waals surface area (Å²) in [5.41, 5.74) is -0.882. The van der Waals surface area contributed by atoms with Gasteiger partial charge in [0.25, 0.3) is 0 Å². The Kier molecular flexibility index (Phi) is 2.70. The lowest BCUT2D eigenvalue weighted by Crippen LogP contribution is -2.28. The largest absolute Gasteiger partial charge is 0.497 e. The minimum atomic E-state index is -3.40. The molecule has 2 heterocycles. The number of ether oxygens (including phenoxy) is 1. The smallest absolute Gasteiger partial charge is 0.183 e. The Labute approximate surface area is 115 Å². The van der Waals surface area contributed by atoms with Gasteiger partial charge in [-0.2, -0.15) is 0 Å². The van der Waals surface area contributed by atoms with Crippen molar-refractivity contribution in [3.05, 3.63) is 46.2 Å². The van der Waals surface area contributed by atoms with Gasteiger partial charge < -0.3 is 9.84 Å². The van der Waals surface area contributed by atoms with Crippen molar-refractivity contribution in [2.24, 2.45) is 0 Å². The quantitative estimate of drug-likeness (QED) is 0.917. The number of thiophene rings is 1. The van der Waals surface area contributed by atoms with Crippen molar-refractivity contribution >= 4 is 21.2 Å². The normalized spacial score (nSPS) is 24.1. The zero-order valence-corrected chi connectivity index (χ0v) is 11.8. The van der Waals surface area contributed by atoms with Crippen molar-refractivity contribution in [3.8, 4) is 5.75 Å². The van der Waals surface area contributed by atoms with E-state index in [-0.39, 0.29) is 10.6 Å². The highest BCUT2D eigenvalue weighted by atomic mass is 32.2. The van der Waals surface area contributed by atoms with Gasteiger partial charge in [-0.1, -0.05) is 12.1 Å². The molecule has 0 aliphatic carbocycles. The van der Waals surface area contributed by atoms with Crippen molar-refractivity contribution in [2.45, 2.75) is 10.5 Å². The Bertz CT molecular complexity index is 715. The molecule has 1 unspecified atom stereocenters. The first kappa shape index (κ1) is 12.7. The van der Waals surface area contributed by atoms with E-state index < -0.39 is 15.4 Å². The summed E-state index contributed by atoms with van der Waals surface area (Å²) in [6.45, 7) is 0. The number of rotatable bonds is 2. The zero-order valence-electron chi connectivity index (χ0n) is 10.2. The molecule has 1 N–H and O–H groups in total. The third-order valence-corrected chi connectivity index (χ3v) is 6.31. The van der Waals surface area contributed by atoms with E-state index in [0.29, 0.717) is 16.2 Å². The van der Waals surface area contributed by atoms with Crippen LogP contribution in [0, 0.1) is 0 Å². The summed E-state index contributed by atoms with van der Waals surface area (Å²) in [5, 5.41) is 12.5. The molecule has 3 rings (SSSR count). The molecule has 1 aromatic carbocycles. The van der Waals surface area contributed by atoms with Crippen LogP contribution in [0.25, 0.3) is 0 Å². The molecule has 100 valence electrons. The lowest BCUT2D eigenvalue weighted by molar-refractivity contribution is 0.112. The summed E-state index contributed by atoms with van der Waals surface area (Å²) >= 11 is 1.27. The fraction of sp³-hybridized carbons (Fsp3) is 0.231. The molecule has 1 aliphatic heterocycles. The molecule has 6 heteroatoms. The maximum absolute atomic E-state index is 12.0. The van der Waals surface area contributed by atoms with Crippen molar-refractivity contribution < 1.29 is 18.3 Å². The number of sulfone groups is 1. The third kappa shape index (κ3) is 1.79. The molecule has 0 spiro atoms. The van der Waals surface area contributed by atoms with Crippen molar-refractivity contribution in [2.75, 3.05) is 12.9 Å². The number of aliphatic hydroxyl groups is 1. The van der Waals surface area contributed by atoms with E-state index in [1.807, 2.05) is 0 Å². The van der Waals surface area contributed by atoms with Gasteiger partial charge in [0.2, 0.25) is 0 Å². The van der Waals surface area contributed by atoms with Gasteiger partial charge >= 0.3 is 0 Å². The van der Waals surface area contributed by atoms with E-state index in [0.717, 1.165) is 0 Å². The van der Waals surface area contributed by atoms with Gasteiger partial charge in [0.05, 0.1) is 22.6 Å². The molecule has 4 nitrogen and oxygen atoms in total. The van der Waals surface area contributed by atoms with Gasteiger partial charge in [-0.05, 0) is 29.1 Å². The van der Waals surface area contributed by atoms with Gasteiger partial charge in [0.1, 0.15) is 11.4 Å². The monoisotopic (exact) mass is 296 g/mol. The van der Waals surface area contributed by atoms with Crippen LogP contribution in [0.15, 0.2) is 40.6 Å². The van der Waals surface area contributed by atoms with Crippen LogP contribution in [0.3, 0.4) is 0 Å². The Morgan fingerprint density at radius 2 is 1.95 bits per heavy atom. The molecule has 1 aliphatic rings. The maximum Gasteiger partial charge on any atom is 0.183 e. The standard InChI is InChI=1S/C13H12O4S2/c1-17-10-4-2-9(3-5-10)13(14)8-19(15,16)11-6-7-18-12(11)13/h2-7,14H,8H2,1H3. The SMILES string of the molecule is COc1ccc(C2(O)CS(=O)(=O)c3ccsc32)cc1. The number of hydrogen-bond acceptors (Lipinski definition) is 5. The molecule has 1 aromatic heterocycles. The number of benzene rings is 1. The molecule has 0 saturated heterocycles. The summed E-state index contributed by atoms with van der Waals surface area (Å²) in [4.78, 5) is 0.744. The van der Waals surface area contributed by atoms with Crippen molar-refractivity contribution in [1.29, 1.82) is 0 Å². The topological polar surface area (TPSA) is 63.6 Å². The van der Waals surface area contributed by atoms with E-state index in [4.69, 9.17) is 4.74 Å². The van der Waals surface area contributed by atoms with E-state index in [1.54, 1.807) is 42.8 Å². The molecule has 19 heavy (non-hydrogen) atoms. The van der Waals surface area contributed by atoms with Crippen LogP contribution in [0.2, 0.25) is 0 Å². The van der Waals surface area contributed by atoms with Crippen LogP contribution >= 0.6 is 11.3 Å². The average Bonchev–Trinajstić information content (AvgIpc) is 2.94.